The van der Waals surface area contributed by atoms with E-state index in [1.807, 2.05) is 0 Å². The average molecular weight is 435 g/mol. The maximum atomic E-state index is 13.1. The molecule has 0 saturated carbocycles. The zero-order valence-electron chi connectivity index (χ0n) is 15.4. The highest BCUT2D eigenvalue weighted by molar-refractivity contribution is 7.91. The minimum absolute atomic E-state index is 0.210. The first-order valence-electron chi connectivity index (χ1n) is 9.13. The molecular weight excluding hydrogens is 415 g/mol. The van der Waals surface area contributed by atoms with E-state index >= 15 is 0 Å². The van der Waals surface area contributed by atoms with Gasteiger partial charge in [-0.2, -0.15) is 0 Å². The van der Waals surface area contributed by atoms with Crippen molar-refractivity contribution < 1.29 is 22.0 Å². The molecule has 29 heavy (non-hydrogen) atoms. The minimum Gasteiger partial charge on any atom is -0.451 e. The predicted molar refractivity (Wildman–Crippen MR) is 108 cm³/mol. The van der Waals surface area contributed by atoms with E-state index in [0.717, 1.165) is 0 Å². The van der Waals surface area contributed by atoms with Crippen molar-refractivity contribution in [1.29, 1.82) is 0 Å². The molecule has 2 aromatic heterocycles. The van der Waals surface area contributed by atoms with Crippen molar-refractivity contribution in [3.8, 4) is 11.3 Å². The van der Waals surface area contributed by atoms with Gasteiger partial charge in [-0.05, 0) is 60.7 Å². The molecule has 4 rings (SSSR count). The summed E-state index contributed by atoms with van der Waals surface area (Å²) in [5, 5.41) is 1.72. The van der Waals surface area contributed by atoms with Crippen LogP contribution in [0.5, 0.6) is 0 Å². The van der Waals surface area contributed by atoms with Crippen molar-refractivity contribution in [2.24, 2.45) is 0 Å². The largest absolute Gasteiger partial charge is 0.451 e. The molecular formula is C20H19FN2O4S2. The maximum absolute atomic E-state index is 13.1. The van der Waals surface area contributed by atoms with Crippen LogP contribution in [0.1, 0.15) is 23.4 Å². The molecule has 1 N–H and O–H groups in total. The second kappa shape index (κ2) is 8.10. The molecule has 6 nitrogen and oxygen atoms in total. The van der Waals surface area contributed by atoms with Gasteiger partial charge in [0, 0.05) is 24.7 Å². The van der Waals surface area contributed by atoms with Crippen LogP contribution in [-0.4, -0.2) is 38.4 Å². The number of halogens is 1. The Bertz CT molecular complexity index is 1080. The number of likely N-dealkylation sites (tertiary alicyclic amines) is 1. The molecule has 0 aliphatic carbocycles. The molecule has 0 radical (unpaired) electrons. The highest BCUT2D eigenvalue weighted by Gasteiger charge is 2.28. The summed E-state index contributed by atoms with van der Waals surface area (Å²) in [6, 6.07) is 12.2. The van der Waals surface area contributed by atoms with Gasteiger partial charge >= 0.3 is 0 Å². The molecule has 3 aromatic rings. The van der Waals surface area contributed by atoms with Gasteiger partial charge in [-0.1, -0.05) is 6.07 Å². The van der Waals surface area contributed by atoms with E-state index in [9.17, 15) is 17.6 Å². The maximum Gasteiger partial charge on any atom is 0.289 e. The first kappa shape index (κ1) is 19.8. The van der Waals surface area contributed by atoms with E-state index in [1.54, 1.807) is 46.7 Å². The van der Waals surface area contributed by atoms with E-state index in [1.165, 1.54) is 23.5 Å². The van der Waals surface area contributed by atoms with Gasteiger partial charge in [0.2, 0.25) is 10.0 Å². The number of piperidine rings is 1. The molecule has 3 heterocycles. The highest BCUT2D eigenvalue weighted by Crippen LogP contribution is 2.24. The number of amides is 1. The molecule has 152 valence electrons. The fourth-order valence-electron chi connectivity index (χ4n) is 3.27. The van der Waals surface area contributed by atoms with Gasteiger partial charge in [0.15, 0.2) is 5.76 Å². The van der Waals surface area contributed by atoms with Crippen molar-refractivity contribution in [3.05, 3.63) is 65.5 Å². The summed E-state index contributed by atoms with van der Waals surface area (Å²) in [6.07, 6.45) is 1.06. The summed E-state index contributed by atoms with van der Waals surface area (Å²) in [5.41, 5.74) is 0.687. The van der Waals surface area contributed by atoms with Crippen LogP contribution in [0.2, 0.25) is 0 Å². The average Bonchev–Trinajstić information content (AvgIpc) is 3.41. The fraction of sp³-hybridized carbons (Fsp3) is 0.250. The Balaban J connectivity index is 1.36. The van der Waals surface area contributed by atoms with Gasteiger partial charge < -0.3 is 9.32 Å². The molecule has 1 fully saturated rings. The highest BCUT2D eigenvalue weighted by atomic mass is 32.2. The first-order chi connectivity index (χ1) is 13.9. The van der Waals surface area contributed by atoms with Crippen LogP contribution < -0.4 is 4.72 Å². The number of hydrogen-bond donors (Lipinski definition) is 1. The second-order valence-corrected chi connectivity index (χ2v) is 9.68. The summed E-state index contributed by atoms with van der Waals surface area (Å²) in [5.74, 6) is 0.126. The Morgan fingerprint density at radius 2 is 1.83 bits per heavy atom. The van der Waals surface area contributed by atoms with Crippen molar-refractivity contribution in [2.45, 2.75) is 23.1 Å². The van der Waals surface area contributed by atoms with E-state index in [2.05, 4.69) is 4.72 Å². The number of nitrogens with zero attached hydrogens (tertiary/aromatic N) is 1. The third kappa shape index (κ3) is 4.42. The molecule has 1 aliphatic rings. The summed E-state index contributed by atoms with van der Waals surface area (Å²) < 4.78 is 46.4. The van der Waals surface area contributed by atoms with Crippen LogP contribution in [0.3, 0.4) is 0 Å². The molecule has 0 unspecified atom stereocenters. The van der Waals surface area contributed by atoms with Gasteiger partial charge in [-0.3, -0.25) is 4.79 Å². The molecule has 9 heteroatoms. The van der Waals surface area contributed by atoms with E-state index in [0.29, 0.717) is 41.5 Å². The number of carbonyl (C=O) groups is 1. The lowest BCUT2D eigenvalue weighted by Gasteiger charge is -2.31. The van der Waals surface area contributed by atoms with Gasteiger partial charge in [-0.25, -0.2) is 17.5 Å². The number of sulfonamides is 1. The van der Waals surface area contributed by atoms with Crippen LogP contribution in [0, 0.1) is 5.82 Å². The Labute approximate surface area is 172 Å². The van der Waals surface area contributed by atoms with Crippen molar-refractivity contribution in [1.82, 2.24) is 9.62 Å². The second-order valence-electron chi connectivity index (χ2n) is 6.79. The fourth-order valence-corrected chi connectivity index (χ4v) is 5.59. The van der Waals surface area contributed by atoms with E-state index in [4.69, 9.17) is 4.42 Å². The zero-order valence-corrected chi connectivity index (χ0v) is 17.0. The van der Waals surface area contributed by atoms with Gasteiger partial charge in [0.1, 0.15) is 15.8 Å². The van der Waals surface area contributed by atoms with E-state index in [-0.39, 0.29) is 23.5 Å². The lowest BCUT2D eigenvalue weighted by molar-refractivity contribution is 0.0680. The Kier molecular flexibility index (Phi) is 5.53. The Morgan fingerprint density at radius 1 is 1.10 bits per heavy atom. The van der Waals surface area contributed by atoms with Crippen molar-refractivity contribution >= 4 is 27.3 Å². The number of nitrogens with one attached hydrogen (secondary N) is 1. The summed E-state index contributed by atoms with van der Waals surface area (Å²) in [4.78, 5) is 14.4. The first-order valence-corrected chi connectivity index (χ1v) is 11.5. The van der Waals surface area contributed by atoms with Gasteiger partial charge in [-0.15, -0.1) is 11.3 Å². The molecule has 1 saturated heterocycles. The smallest absolute Gasteiger partial charge is 0.289 e. The number of furan rings is 1. The molecule has 0 bridgehead atoms. The normalized spacial score (nSPS) is 15.6. The van der Waals surface area contributed by atoms with E-state index < -0.39 is 10.0 Å². The molecule has 1 aliphatic heterocycles. The number of carbonyl (C=O) groups excluding carboxylic acids is 1. The van der Waals surface area contributed by atoms with Crippen LogP contribution >= 0.6 is 11.3 Å². The van der Waals surface area contributed by atoms with Gasteiger partial charge in [0.25, 0.3) is 5.91 Å². The SMILES string of the molecule is O=C(c1ccc(-c2ccc(F)cc2)o1)N1CCC(NS(=O)(=O)c2cccs2)CC1. The van der Waals surface area contributed by atoms with Crippen LogP contribution in [0.4, 0.5) is 4.39 Å². The standard InChI is InChI=1S/C20H19FN2O4S2/c21-15-5-3-14(4-6-15)17-7-8-18(27-17)20(24)23-11-9-16(10-12-23)22-29(25,26)19-2-1-13-28-19/h1-8,13,16,22H,9-12H2. The quantitative estimate of drug-likeness (QED) is 0.664. The minimum atomic E-state index is -3.52. The van der Waals surface area contributed by atoms with Crippen LogP contribution in [-0.2, 0) is 10.0 Å². The third-order valence-corrected chi connectivity index (χ3v) is 7.73. The number of rotatable bonds is 5. The van der Waals surface area contributed by atoms with Crippen molar-refractivity contribution in [2.75, 3.05) is 13.1 Å². The van der Waals surface area contributed by atoms with Crippen LogP contribution in [0.25, 0.3) is 11.3 Å². The summed E-state index contributed by atoms with van der Waals surface area (Å²) >= 11 is 1.17. The molecule has 0 atom stereocenters. The Morgan fingerprint density at radius 3 is 2.48 bits per heavy atom. The molecule has 1 amide bonds. The van der Waals surface area contributed by atoms with Gasteiger partial charge in [0.05, 0.1) is 0 Å². The molecule has 0 spiro atoms. The summed E-state index contributed by atoms with van der Waals surface area (Å²) in [7, 11) is -3.52. The third-order valence-electron chi connectivity index (χ3n) is 4.81. The summed E-state index contributed by atoms with van der Waals surface area (Å²) in [6.45, 7) is 0.867. The van der Waals surface area contributed by atoms with Crippen molar-refractivity contribution in [3.63, 3.8) is 0 Å². The topological polar surface area (TPSA) is 79.6 Å². The number of thiophene rings is 1. The predicted octanol–water partition coefficient (Wildman–Crippen LogP) is 3.73. The monoisotopic (exact) mass is 434 g/mol. The lowest BCUT2D eigenvalue weighted by Crippen LogP contribution is -2.46. The Hall–Kier alpha value is -2.49. The number of benzene rings is 1. The van der Waals surface area contributed by atoms with Crippen LogP contribution in [0.15, 0.2) is 62.5 Å². The number of hydrogen-bond acceptors (Lipinski definition) is 5. The zero-order chi connectivity index (χ0) is 20.4. The molecule has 1 aromatic carbocycles. The lowest BCUT2D eigenvalue weighted by atomic mass is 10.1.